The van der Waals surface area contributed by atoms with Crippen molar-refractivity contribution in [3.8, 4) is 22.6 Å². The van der Waals surface area contributed by atoms with E-state index in [9.17, 15) is 14.7 Å². The molecule has 9 nitrogen and oxygen atoms in total. The number of rotatable bonds is 16. The summed E-state index contributed by atoms with van der Waals surface area (Å²) in [5, 5.41) is 17.8. The number of pyridine rings is 2. The highest BCUT2D eigenvalue weighted by atomic mass is 35.5. The number of nitrogens with zero attached hydrogens (tertiary/aromatic N) is 2. The molecule has 1 spiro atoms. The van der Waals surface area contributed by atoms with E-state index in [2.05, 4.69) is 58.7 Å². The summed E-state index contributed by atoms with van der Waals surface area (Å²) in [6.07, 6.45) is 14.0. The summed E-state index contributed by atoms with van der Waals surface area (Å²) in [6, 6.07) is 27.8. The summed E-state index contributed by atoms with van der Waals surface area (Å²) in [5.74, 6) is 1.96. The summed E-state index contributed by atoms with van der Waals surface area (Å²) in [5.41, 5.74) is 7.54. The average molecular weight is 841 g/mol. The topological polar surface area (TPSA) is 123 Å². The maximum Gasteiger partial charge on any atom is 0.329 e. The first-order chi connectivity index (χ1) is 29.6. The number of nitrogens with one attached hydrogen (secondary N) is 2. The molecule has 1 saturated carbocycles. The summed E-state index contributed by atoms with van der Waals surface area (Å²) in [4.78, 5) is 34.7. The molecule has 0 bridgehead atoms. The smallest absolute Gasteiger partial charge is 0.329 e. The Hall–Kier alpha value is -5.41. The van der Waals surface area contributed by atoms with E-state index in [1.165, 1.54) is 28.8 Å². The molecule has 3 aliphatic carbocycles. The van der Waals surface area contributed by atoms with Crippen LogP contribution in [0.2, 0.25) is 5.02 Å². The van der Waals surface area contributed by atoms with Crippen LogP contribution in [-0.2, 0) is 34.3 Å². The van der Waals surface area contributed by atoms with E-state index >= 15 is 0 Å². The van der Waals surface area contributed by atoms with Crippen LogP contribution in [0.3, 0.4) is 0 Å². The molecule has 3 aliphatic rings. The van der Waals surface area contributed by atoms with Crippen LogP contribution in [0.4, 0.5) is 5.69 Å². The minimum absolute atomic E-state index is 0.0219. The monoisotopic (exact) mass is 840 g/mol. The number of anilines is 1. The lowest BCUT2D eigenvalue weighted by atomic mass is 9.59. The number of amides is 1. The van der Waals surface area contributed by atoms with E-state index in [4.69, 9.17) is 21.1 Å². The largest absolute Gasteiger partial charge is 0.494 e. The van der Waals surface area contributed by atoms with Gasteiger partial charge < -0.3 is 25.2 Å². The predicted octanol–water partition coefficient (Wildman–Crippen LogP) is 10.4. The first-order valence-electron chi connectivity index (χ1n) is 22.0. The molecule has 8 rings (SSSR count). The number of aliphatic carboxylic acids is 1. The van der Waals surface area contributed by atoms with Crippen molar-refractivity contribution in [2.75, 3.05) is 25.1 Å². The molecule has 3 N–H and O–H groups in total. The summed E-state index contributed by atoms with van der Waals surface area (Å²) in [6.45, 7) is 6.15. The number of halogens is 1. The van der Waals surface area contributed by atoms with Gasteiger partial charge in [-0.3, -0.25) is 14.8 Å². The Balaban J connectivity index is 0.929. The van der Waals surface area contributed by atoms with Crippen LogP contribution in [0.1, 0.15) is 99.1 Å². The minimum atomic E-state index is -1.10. The number of benzene rings is 3. The molecule has 0 radical (unpaired) electrons. The van der Waals surface area contributed by atoms with Crippen molar-refractivity contribution in [1.82, 2.24) is 15.3 Å². The van der Waals surface area contributed by atoms with Crippen molar-refractivity contribution < 1.29 is 24.2 Å². The fourth-order valence-electron chi connectivity index (χ4n) is 10.3. The van der Waals surface area contributed by atoms with E-state index in [1.54, 1.807) is 24.5 Å². The molecule has 1 amide bonds. The van der Waals surface area contributed by atoms with Crippen molar-refractivity contribution in [2.24, 2.45) is 11.8 Å². The Morgan fingerprint density at radius 1 is 0.934 bits per heavy atom. The molecule has 3 aromatic carbocycles. The highest BCUT2D eigenvalue weighted by Crippen LogP contribution is 2.57. The van der Waals surface area contributed by atoms with E-state index in [0.717, 1.165) is 72.4 Å². The van der Waals surface area contributed by atoms with Gasteiger partial charge in [0.05, 0.1) is 19.6 Å². The van der Waals surface area contributed by atoms with Gasteiger partial charge in [0.25, 0.3) is 0 Å². The van der Waals surface area contributed by atoms with Gasteiger partial charge in [0.2, 0.25) is 5.91 Å². The van der Waals surface area contributed by atoms with Crippen molar-refractivity contribution in [3.05, 3.63) is 136 Å². The molecule has 318 valence electrons. The standard InChI is InChI=1S/C51H57ClN4O5/c1-34(33-61-46-17-25-54-45-12-3-7-35(2)48(45)46)27-40-30-39-13-14-43(60-26-6-22-55-47(57)29-36-8-4-9-38(28-36)37-15-23-53-24-16-37)32-44(39)50(40)18-20-51(21-19-50,49(58)59)56-42-11-5-10-41(52)31-42/h4-5,8-11,13-17,23-25,28,31-32,34-35,40,56H,3,6-7,12,18-22,26-27,29-30,33H2,1-2H3,(H,55,57)(H,58,59)/t34-,35-,40+,50?,51?/m1/s1. The van der Waals surface area contributed by atoms with Gasteiger partial charge in [-0.25, -0.2) is 4.79 Å². The molecule has 3 atom stereocenters. The van der Waals surface area contributed by atoms with Gasteiger partial charge in [0, 0.05) is 47.1 Å². The van der Waals surface area contributed by atoms with E-state index in [0.29, 0.717) is 62.3 Å². The SMILES string of the molecule is C[C@@H](COc1ccnc2c1[C@H](C)CCC2)C[C@H]1Cc2ccc(OCCCNC(=O)Cc3cccc(-c4ccncc4)c3)cc2C12CCC(Nc1cccc(Cl)c1)(C(=O)O)CC2. The van der Waals surface area contributed by atoms with Crippen molar-refractivity contribution in [1.29, 1.82) is 0 Å². The van der Waals surface area contributed by atoms with Gasteiger partial charge in [-0.1, -0.05) is 61.8 Å². The number of ether oxygens (including phenoxy) is 2. The normalized spacial score (nSPS) is 22.1. The number of hydrogen-bond acceptors (Lipinski definition) is 7. The molecule has 10 heteroatoms. The highest BCUT2D eigenvalue weighted by molar-refractivity contribution is 6.30. The zero-order valence-corrected chi connectivity index (χ0v) is 36.1. The molecule has 5 aromatic rings. The van der Waals surface area contributed by atoms with Crippen LogP contribution in [0, 0.1) is 11.8 Å². The summed E-state index contributed by atoms with van der Waals surface area (Å²) < 4.78 is 13.0. The maximum absolute atomic E-state index is 13.1. The Kier molecular flexibility index (Phi) is 13.0. The number of aryl methyl sites for hydroxylation is 1. The van der Waals surface area contributed by atoms with Gasteiger partial charge in [0.1, 0.15) is 17.0 Å². The third kappa shape index (κ3) is 9.57. The van der Waals surface area contributed by atoms with E-state index in [-0.39, 0.29) is 17.2 Å². The van der Waals surface area contributed by atoms with Crippen LogP contribution in [0.15, 0.2) is 104 Å². The third-order valence-electron chi connectivity index (χ3n) is 13.5. The second-order valence-corrected chi connectivity index (χ2v) is 18.1. The summed E-state index contributed by atoms with van der Waals surface area (Å²) >= 11 is 6.32. The van der Waals surface area contributed by atoms with Gasteiger partial charge in [-0.05, 0) is 164 Å². The molecular formula is C51H57ClN4O5. The van der Waals surface area contributed by atoms with Crippen LogP contribution in [-0.4, -0.2) is 52.2 Å². The van der Waals surface area contributed by atoms with Gasteiger partial charge in [0.15, 0.2) is 0 Å². The van der Waals surface area contributed by atoms with Crippen LogP contribution >= 0.6 is 11.6 Å². The third-order valence-corrected chi connectivity index (χ3v) is 13.7. The molecule has 2 aromatic heterocycles. The summed E-state index contributed by atoms with van der Waals surface area (Å²) in [7, 11) is 0. The van der Waals surface area contributed by atoms with Gasteiger partial charge in [-0.2, -0.15) is 0 Å². The second-order valence-electron chi connectivity index (χ2n) is 17.7. The number of carbonyl (C=O) groups excluding carboxylic acids is 1. The average Bonchev–Trinajstić information content (AvgIpc) is 3.54. The minimum Gasteiger partial charge on any atom is -0.494 e. The fraction of sp³-hybridized carbons (Fsp3) is 0.412. The zero-order valence-electron chi connectivity index (χ0n) is 35.3. The second kappa shape index (κ2) is 18.7. The highest BCUT2D eigenvalue weighted by Gasteiger charge is 2.54. The van der Waals surface area contributed by atoms with Crippen molar-refractivity contribution in [3.63, 3.8) is 0 Å². The number of aromatic nitrogens is 2. The molecular weight excluding hydrogens is 784 g/mol. The number of fused-ring (bicyclic) bond motifs is 3. The lowest BCUT2D eigenvalue weighted by molar-refractivity contribution is -0.144. The number of carboxylic acid groups (broad SMARTS) is 1. The van der Waals surface area contributed by atoms with Crippen LogP contribution < -0.4 is 20.1 Å². The molecule has 1 fully saturated rings. The van der Waals surface area contributed by atoms with E-state index in [1.807, 2.05) is 54.7 Å². The molecule has 0 saturated heterocycles. The quantitative estimate of drug-likeness (QED) is 0.0840. The maximum atomic E-state index is 13.1. The first kappa shape index (κ1) is 42.3. The lowest BCUT2D eigenvalue weighted by Crippen LogP contribution is -2.53. The van der Waals surface area contributed by atoms with Crippen LogP contribution in [0.25, 0.3) is 11.1 Å². The van der Waals surface area contributed by atoms with Crippen LogP contribution in [0.5, 0.6) is 11.5 Å². The molecule has 0 unspecified atom stereocenters. The number of hydrogen-bond donors (Lipinski definition) is 3. The Labute approximate surface area is 364 Å². The number of carboxylic acids is 1. The predicted molar refractivity (Wildman–Crippen MR) is 241 cm³/mol. The van der Waals surface area contributed by atoms with Gasteiger partial charge in [-0.15, -0.1) is 0 Å². The molecule has 2 heterocycles. The zero-order chi connectivity index (χ0) is 42.4. The van der Waals surface area contributed by atoms with E-state index < -0.39 is 11.5 Å². The Morgan fingerprint density at radius 2 is 1.75 bits per heavy atom. The molecule has 0 aliphatic heterocycles. The van der Waals surface area contributed by atoms with Crippen molar-refractivity contribution in [2.45, 2.75) is 101 Å². The van der Waals surface area contributed by atoms with Gasteiger partial charge >= 0.3 is 5.97 Å². The lowest BCUT2D eigenvalue weighted by Gasteiger charge is -2.47. The fourth-order valence-corrected chi connectivity index (χ4v) is 10.5. The first-order valence-corrected chi connectivity index (χ1v) is 22.4. The Morgan fingerprint density at radius 3 is 2.56 bits per heavy atom. The number of carbonyl (C=O) groups is 2. The van der Waals surface area contributed by atoms with Crippen molar-refractivity contribution >= 4 is 29.2 Å². The Bertz CT molecular complexity index is 2330. The molecule has 61 heavy (non-hydrogen) atoms.